The molecule has 4 aromatic rings. The van der Waals surface area contributed by atoms with Crippen LogP contribution in [0, 0.1) is 0 Å². The van der Waals surface area contributed by atoms with Crippen molar-refractivity contribution in [2.45, 2.75) is 12.5 Å². The molecule has 2 N–H and O–H groups in total. The number of aliphatic hydroxyl groups is 1. The number of aliphatic hydroxyl groups excluding tert-OH is 1. The van der Waals surface area contributed by atoms with Gasteiger partial charge >= 0.3 is 0 Å². The monoisotopic (exact) mass is 482 g/mol. The number of ether oxygens (including phenoxy) is 2. The molecule has 182 valence electrons. The first kappa shape index (κ1) is 23.2. The molecule has 5 rings (SSSR count). The molecule has 1 fully saturated rings. The van der Waals surface area contributed by atoms with Gasteiger partial charge in [0, 0.05) is 29.2 Å². The third-order valence-corrected chi connectivity index (χ3v) is 6.61. The van der Waals surface area contributed by atoms with Gasteiger partial charge in [-0.15, -0.1) is 0 Å². The predicted molar refractivity (Wildman–Crippen MR) is 137 cm³/mol. The van der Waals surface area contributed by atoms with Gasteiger partial charge in [0.05, 0.1) is 25.8 Å². The van der Waals surface area contributed by atoms with E-state index in [1.165, 1.54) is 12.0 Å². The number of carbonyl (C=O) groups excluding carboxylic acids is 2. The maximum Gasteiger partial charge on any atom is 0.295 e. The highest BCUT2D eigenvalue weighted by Crippen LogP contribution is 2.42. The third kappa shape index (κ3) is 3.98. The van der Waals surface area contributed by atoms with Crippen LogP contribution in [0.3, 0.4) is 0 Å². The van der Waals surface area contributed by atoms with E-state index in [0.717, 1.165) is 16.5 Å². The van der Waals surface area contributed by atoms with E-state index in [0.29, 0.717) is 29.0 Å². The molecule has 1 aliphatic rings. The summed E-state index contributed by atoms with van der Waals surface area (Å²) in [7, 11) is 3.07. The lowest BCUT2D eigenvalue weighted by Crippen LogP contribution is -2.31. The number of hydrogen-bond donors (Lipinski definition) is 2. The van der Waals surface area contributed by atoms with Crippen LogP contribution in [0.5, 0.6) is 11.5 Å². The molecule has 2 heterocycles. The van der Waals surface area contributed by atoms with Crippen LogP contribution >= 0.6 is 0 Å². The third-order valence-electron chi connectivity index (χ3n) is 6.61. The molecule has 1 unspecified atom stereocenters. The van der Waals surface area contributed by atoms with E-state index >= 15 is 0 Å². The minimum atomic E-state index is -0.782. The minimum Gasteiger partial charge on any atom is -0.507 e. The Kier molecular flexibility index (Phi) is 6.21. The number of rotatable bonds is 7. The zero-order valence-corrected chi connectivity index (χ0v) is 20.0. The lowest BCUT2D eigenvalue weighted by Gasteiger charge is -2.26. The average Bonchev–Trinajstić information content (AvgIpc) is 3.45. The highest BCUT2D eigenvalue weighted by molar-refractivity contribution is 6.46. The number of benzene rings is 3. The van der Waals surface area contributed by atoms with Crippen LogP contribution in [0.15, 0.2) is 84.6 Å². The number of carbonyl (C=O) groups is 2. The first-order chi connectivity index (χ1) is 17.5. The average molecular weight is 483 g/mol. The van der Waals surface area contributed by atoms with Gasteiger partial charge in [-0.2, -0.15) is 0 Å². The van der Waals surface area contributed by atoms with Crippen molar-refractivity contribution in [3.8, 4) is 11.5 Å². The molecule has 1 saturated heterocycles. The molecule has 0 bridgehead atoms. The van der Waals surface area contributed by atoms with Gasteiger partial charge in [0.1, 0.15) is 5.76 Å². The summed E-state index contributed by atoms with van der Waals surface area (Å²) in [6, 6.07) is 21.2. The summed E-state index contributed by atoms with van der Waals surface area (Å²) in [6.45, 7) is 0.289. The molecule has 7 heteroatoms. The van der Waals surface area contributed by atoms with Gasteiger partial charge in [0.25, 0.3) is 11.7 Å². The fraction of sp³-hybridized carbons (Fsp3) is 0.172. The number of fused-ring (bicyclic) bond motifs is 1. The lowest BCUT2D eigenvalue weighted by molar-refractivity contribution is -0.139. The molecule has 0 radical (unpaired) electrons. The van der Waals surface area contributed by atoms with Crippen LogP contribution in [-0.4, -0.2) is 47.4 Å². The fourth-order valence-electron chi connectivity index (χ4n) is 4.81. The quantitative estimate of drug-likeness (QED) is 0.223. The van der Waals surface area contributed by atoms with E-state index in [1.54, 1.807) is 49.6 Å². The number of nitrogens with zero attached hydrogens (tertiary/aromatic N) is 1. The molecule has 1 aliphatic heterocycles. The number of nitrogens with one attached hydrogen (secondary N) is 1. The smallest absolute Gasteiger partial charge is 0.295 e. The molecule has 0 spiro atoms. The molecule has 1 aromatic heterocycles. The Morgan fingerprint density at radius 2 is 1.67 bits per heavy atom. The first-order valence-electron chi connectivity index (χ1n) is 11.6. The summed E-state index contributed by atoms with van der Waals surface area (Å²) in [6.07, 6.45) is 2.46. The van der Waals surface area contributed by atoms with Crippen LogP contribution in [-0.2, 0) is 16.0 Å². The van der Waals surface area contributed by atoms with Crippen LogP contribution in [0.2, 0.25) is 0 Å². The van der Waals surface area contributed by atoms with Crippen molar-refractivity contribution >= 4 is 28.4 Å². The number of likely N-dealkylation sites (tertiary alicyclic amines) is 1. The molecule has 0 aliphatic carbocycles. The SMILES string of the molecule is COc1ccc(C2/C(=C(/O)c3ccccc3)C(=O)C(=O)N2CCc2c[nH]c3ccccc23)cc1OC. The van der Waals surface area contributed by atoms with Gasteiger partial charge in [0.15, 0.2) is 11.5 Å². The van der Waals surface area contributed by atoms with Gasteiger partial charge in [-0.05, 0) is 35.7 Å². The molecule has 3 aromatic carbocycles. The summed E-state index contributed by atoms with van der Waals surface area (Å²) >= 11 is 0. The number of ketones is 1. The summed E-state index contributed by atoms with van der Waals surface area (Å²) in [5, 5.41) is 12.3. The van der Waals surface area contributed by atoms with Gasteiger partial charge < -0.3 is 24.5 Å². The second-order valence-corrected chi connectivity index (χ2v) is 8.58. The first-order valence-corrected chi connectivity index (χ1v) is 11.6. The molecule has 7 nitrogen and oxygen atoms in total. The number of hydrogen-bond acceptors (Lipinski definition) is 5. The zero-order valence-electron chi connectivity index (χ0n) is 20.0. The Balaban J connectivity index is 1.59. The van der Waals surface area contributed by atoms with Gasteiger partial charge in [0.2, 0.25) is 0 Å². The maximum atomic E-state index is 13.3. The number of para-hydroxylation sites is 1. The summed E-state index contributed by atoms with van der Waals surface area (Å²) in [5.41, 5.74) is 3.22. The Morgan fingerprint density at radius 1 is 0.944 bits per heavy atom. The van der Waals surface area contributed by atoms with Gasteiger partial charge in [-0.25, -0.2) is 0 Å². The molecule has 1 atom stereocenters. The van der Waals surface area contributed by atoms with Crippen molar-refractivity contribution in [2.75, 3.05) is 20.8 Å². The predicted octanol–water partition coefficient (Wildman–Crippen LogP) is 4.85. The molecular formula is C29H26N2O5. The van der Waals surface area contributed by atoms with Crippen molar-refractivity contribution in [2.24, 2.45) is 0 Å². The van der Waals surface area contributed by atoms with E-state index in [-0.39, 0.29) is 17.9 Å². The Labute approximate surface area is 208 Å². The van der Waals surface area contributed by atoms with Crippen LogP contribution in [0.1, 0.15) is 22.7 Å². The van der Waals surface area contributed by atoms with Crippen molar-refractivity contribution in [1.82, 2.24) is 9.88 Å². The van der Waals surface area contributed by atoms with Crippen LogP contribution in [0.25, 0.3) is 16.7 Å². The lowest BCUT2D eigenvalue weighted by atomic mass is 9.95. The Morgan fingerprint density at radius 3 is 2.42 bits per heavy atom. The zero-order chi connectivity index (χ0) is 25.2. The van der Waals surface area contributed by atoms with Crippen molar-refractivity contribution in [3.05, 3.63) is 101 Å². The van der Waals surface area contributed by atoms with Crippen molar-refractivity contribution in [1.29, 1.82) is 0 Å². The number of aromatic amines is 1. The number of amides is 1. The van der Waals surface area contributed by atoms with Crippen molar-refractivity contribution < 1.29 is 24.2 Å². The second kappa shape index (κ2) is 9.62. The minimum absolute atomic E-state index is 0.0531. The fourth-order valence-corrected chi connectivity index (χ4v) is 4.81. The van der Waals surface area contributed by atoms with E-state index in [1.807, 2.05) is 36.5 Å². The Bertz CT molecular complexity index is 1470. The largest absolute Gasteiger partial charge is 0.507 e. The summed E-state index contributed by atoms with van der Waals surface area (Å²) in [5.74, 6) is -0.567. The number of H-pyrrole nitrogens is 1. The van der Waals surface area contributed by atoms with Crippen molar-refractivity contribution in [3.63, 3.8) is 0 Å². The highest BCUT2D eigenvalue weighted by atomic mass is 16.5. The van der Waals surface area contributed by atoms with Crippen LogP contribution in [0.4, 0.5) is 0 Å². The standard InChI is InChI=1S/C29H26N2O5/c1-35-23-13-12-19(16-24(23)36-2)26-25(27(32)18-8-4-3-5-9-18)28(33)29(34)31(26)15-14-20-17-30-22-11-7-6-10-21(20)22/h3-13,16-17,26,30,32H,14-15H2,1-2H3/b27-25-. The molecular weight excluding hydrogens is 456 g/mol. The van der Waals surface area contributed by atoms with E-state index in [2.05, 4.69) is 4.98 Å². The Hall–Kier alpha value is -4.52. The number of Topliss-reactive ketones (excluding diaryl/α,β-unsaturated/α-hetero) is 1. The molecule has 1 amide bonds. The summed E-state index contributed by atoms with van der Waals surface area (Å²) < 4.78 is 10.8. The van der Waals surface area contributed by atoms with Gasteiger partial charge in [-0.3, -0.25) is 9.59 Å². The molecule has 0 saturated carbocycles. The van der Waals surface area contributed by atoms with E-state index < -0.39 is 17.7 Å². The molecule has 36 heavy (non-hydrogen) atoms. The summed E-state index contributed by atoms with van der Waals surface area (Å²) in [4.78, 5) is 31.4. The second-order valence-electron chi connectivity index (χ2n) is 8.58. The maximum absolute atomic E-state index is 13.3. The number of aromatic nitrogens is 1. The number of methoxy groups -OCH3 is 2. The van der Waals surface area contributed by atoms with E-state index in [9.17, 15) is 14.7 Å². The van der Waals surface area contributed by atoms with Gasteiger partial charge in [-0.1, -0.05) is 54.6 Å². The highest BCUT2D eigenvalue weighted by Gasteiger charge is 2.46. The topological polar surface area (TPSA) is 91.9 Å². The van der Waals surface area contributed by atoms with Crippen LogP contribution < -0.4 is 9.47 Å². The van der Waals surface area contributed by atoms with E-state index in [4.69, 9.17) is 9.47 Å². The normalized spacial score (nSPS) is 17.1.